The monoisotopic (exact) mass is 724 g/mol. The Morgan fingerprint density at radius 2 is 1.02 bits per heavy atom. The van der Waals surface area contributed by atoms with Crippen LogP contribution in [0.2, 0.25) is 0 Å². The zero-order valence-electron chi connectivity index (χ0n) is 30.4. The average Bonchev–Trinajstić information content (AvgIpc) is 4.01. The fourth-order valence-electron chi connectivity index (χ4n) is 10.1. The van der Waals surface area contributed by atoms with Gasteiger partial charge in [0.15, 0.2) is 0 Å². The Morgan fingerprint density at radius 3 is 1.89 bits per heavy atom. The number of para-hydroxylation sites is 3. The zero-order valence-corrected chi connectivity index (χ0v) is 30.4. The first-order valence-electron chi connectivity index (χ1n) is 19.4. The normalized spacial score (nSPS) is 12.6. The van der Waals surface area contributed by atoms with Crippen LogP contribution in [0.5, 0.6) is 0 Å². The number of aromatic nitrogens is 4. The molecule has 0 fully saturated rings. The van der Waals surface area contributed by atoms with Crippen LogP contribution in [-0.2, 0) is 0 Å². The zero-order chi connectivity index (χ0) is 36.9. The molecule has 262 valence electrons. The molecule has 0 saturated heterocycles. The molecule has 0 aliphatic heterocycles. The molecule has 5 heterocycles. The molecule has 5 aromatic heterocycles. The van der Waals surface area contributed by atoms with Gasteiger partial charge >= 0.3 is 0 Å². The summed E-state index contributed by atoms with van der Waals surface area (Å²) in [5, 5.41) is 15.4. The molecule has 5 heteroatoms. The molecule has 14 rings (SSSR count). The summed E-state index contributed by atoms with van der Waals surface area (Å²) in [4.78, 5) is 11.1. The van der Waals surface area contributed by atoms with Crippen LogP contribution in [0.15, 0.2) is 174 Å². The average molecular weight is 725 g/mol. The van der Waals surface area contributed by atoms with Crippen molar-refractivity contribution in [2.45, 2.75) is 0 Å². The highest BCUT2D eigenvalue weighted by molar-refractivity contribution is 6.36. The van der Waals surface area contributed by atoms with Crippen LogP contribution in [0.1, 0.15) is 0 Å². The maximum absolute atomic E-state index is 6.44. The Labute approximate surface area is 323 Å². The van der Waals surface area contributed by atoms with Gasteiger partial charge in [0, 0.05) is 54.0 Å². The van der Waals surface area contributed by atoms with Crippen LogP contribution in [0, 0.1) is 0 Å². The lowest BCUT2D eigenvalue weighted by Gasteiger charge is -2.14. The minimum absolute atomic E-state index is 0.633. The first-order chi connectivity index (χ1) is 28.3. The molecule has 0 aliphatic rings. The van der Waals surface area contributed by atoms with Gasteiger partial charge in [0.05, 0.1) is 38.8 Å². The number of benzene rings is 9. The maximum Gasteiger partial charge on any atom is 0.235 e. The van der Waals surface area contributed by atoms with Crippen molar-refractivity contribution in [3.8, 4) is 17.2 Å². The molecule has 0 aliphatic carbocycles. The molecule has 0 radical (unpaired) electrons. The van der Waals surface area contributed by atoms with E-state index in [0.717, 1.165) is 65.9 Å². The maximum atomic E-state index is 6.44. The van der Waals surface area contributed by atoms with Crippen LogP contribution < -0.4 is 0 Å². The van der Waals surface area contributed by atoms with E-state index in [-0.39, 0.29) is 0 Å². The number of furan rings is 1. The summed E-state index contributed by atoms with van der Waals surface area (Å²) >= 11 is 0. The standard InChI is InChI=1S/C52H28N4O/c1-3-12-32-29(10-1)21-24-39-46(32)50(31-20-23-36-35-15-6-8-19-44(35)57-45(36)28-31)54-52(53-39)56-42-25-22-30-11-2-4-13-33(30)47(42)49-43(56)27-26-41-48(49)38-17-9-16-37-34-14-5-7-18-40(34)55(41)51(37)38/h1-28H. The van der Waals surface area contributed by atoms with Crippen molar-refractivity contribution in [3.63, 3.8) is 0 Å². The van der Waals surface area contributed by atoms with E-state index in [1.54, 1.807) is 0 Å². The van der Waals surface area contributed by atoms with Gasteiger partial charge in [0.25, 0.3) is 0 Å². The first-order valence-corrected chi connectivity index (χ1v) is 19.4. The highest BCUT2D eigenvalue weighted by atomic mass is 16.3. The third-order valence-corrected chi connectivity index (χ3v) is 12.4. The van der Waals surface area contributed by atoms with E-state index < -0.39 is 0 Å². The highest BCUT2D eigenvalue weighted by Gasteiger charge is 2.25. The summed E-state index contributed by atoms with van der Waals surface area (Å²) in [6.07, 6.45) is 0. The smallest absolute Gasteiger partial charge is 0.235 e. The van der Waals surface area contributed by atoms with Crippen molar-refractivity contribution in [2.75, 3.05) is 0 Å². The van der Waals surface area contributed by atoms with Gasteiger partial charge in [0.2, 0.25) is 5.95 Å². The van der Waals surface area contributed by atoms with Crippen molar-refractivity contribution >= 4 is 114 Å². The minimum Gasteiger partial charge on any atom is -0.456 e. The summed E-state index contributed by atoms with van der Waals surface area (Å²) in [5.41, 5.74) is 10.3. The highest BCUT2D eigenvalue weighted by Crippen LogP contribution is 2.47. The number of hydrogen-bond donors (Lipinski definition) is 0. The summed E-state index contributed by atoms with van der Waals surface area (Å²) in [7, 11) is 0. The minimum atomic E-state index is 0.633. The Balaban J connectivity index is 1.15. The molecule has 57 heavy (non-hydrogen) atoms. The van der Waals surface area contributed by atoms with Gasteiger partial charge in [-0.25, -0.2) is 9.97 Å². The molecule has 0 atom stereocenters. The molecule has 0 unspecified atom stereocenters. The van der Waals surface area contributed by atoms with Crippen LogP contribution >= 0.6 is 0 Å². The lowest BCUT2D eigenvalue weighted by atomic mass is 9.99. The predicted octanol–water partition coefficient (Wildman–Crippen LogP) is 13.7. The second-order valence-corrected chi connectivity index (χ2v) is 15.3. The Hall–Kier alpha value is -7.76. The largest absolute Gasteiger partial charge is 0.456 e. The van der Waals surface area contributed by atoms with Crippen molar-refractivity contribution in [1.82, 2.24) is 18.9 Å². The molecule has 14 aromatic rings. The summed E-state index contributed by atoms with van der Waals surface area (Å²) in [5.74, 6) is 0.633. The van der Waals surface area contributed by atoms with Crippen molar-refractivity contribution < 1.29 is 4.42 Å². The predicted molar refractivity (Wildman–Crippen MR) is 236 cm³/mol. The Bertz CT molecular complexity index is 4050. The fourth-order valence-corrected chi connectivity index (χ4v) is 10.1. The molecule has 0 bridgehead atoms. The summed E-state index contributed by atoms with van der Waals surface area (Å²) in [6, 6.07) is 60.9. The molecular formula is C52H28N4O. The summed E-state index contributed by atoms with van der Waals surface area (Å²) < 4.78 is 11.2. The van der Waals surface area contributed by atoms with Gasteiger partial charge in [-0.1, -0.05) is 121 Å². The lowest BCUT2D eigenvalue weighted by molar-refractivity contribution is 0.669. The van der Waals surface area contributed by atoms with Crippen LogP contribution in [-0.4, -0.2) is 18.9 Å². The van der Waals surface area contributed by atoms with Crippen LogP contribution in [0.4, 0.5) is 0 Å². The second kappa shape index (κ2) is 10.5. The molecule has 0 saturated carbocycles. The third kappa shape index (κ3) is 3.73. The van der Waals surface area contributed by atoms with Gasteiger partial charge in [0.1, 0.15) is 11.2 Å². The SMILES string of the molecule is c1ccc2c(c1)ccc1nc(-n3c4ccc5ccccc5c4c4c5c6cccc7c8ccccc8n(c5ccc43)c76)nc(-c3ccc4c(c3)oc3ccccc34)c12. The molecular weight excluding hydrogens is 697 g/mol. The lowest BCUT2D eigenvalue weighted by Crippen LogP contribution is -2.04. The van der Waals surface area contributed by atoms with E-state index in [9.17, 15) is 0 Å². The number of hydrogen-bond acceptors (Lipinski definition) is 3. The van der Waals surface area contributed by atoms with E-state index in [1.165, 1.54) is 59.6 Å². The van der Waals surface area contributed by atoms with E-state index >= 15 is 0 Å². The van der Waals surface area contributed by atoms with Gasteiger partial charge in [-0.15, -0.1) is 0 Å². The van der Waals surface area contributed by atoms with E-state index in [2.05, 4.69) is 167 Å². The van der Waals surface area contributed by atoms with E-state index in [0.29, 0.717) is 5.95 Å². The van der Waals surface area contributed by atoms with Gasteiger partial charge in [-0.05, 0) is 70.1 Å². The number of nitrogens with zero attached hydrogens (tertiary/aromatic N) is 4. The molecule has 0 amide bonds. The van der Waals surface area contributed by atoms with Crippen molar-refractivity contribution in [3.05, 3.63) is 170 Å². The molecule has 0 spiro atoms. The van der Waals surface area contributed by atoms with Gasteiger partial charge < -0.3 is 8.82 Å². The van der Waals surface area contributed by atoms with E-state index in [1.807, 2.05) is 12.1 Å². The van der Waals surface area contributed by atoms with Gasteiger partial charge in [-0.3, -0.25) is 4.57 Å². The molecule has 9 aromatic carbocycles. The second-order valence-electron chi connectivity index (χ2n) is 15.3. The van der Waals surface area contributed by atoms with E-state index in [4.69, 9.17) is 14.4 Å². The number of fused-ring (bicyclic) bond motifs is 18. The molecule has 0 N–H and O–H groups in total. The first kappa shape index (κ1) is 29.6. The Morgan fingerprint density at radius 1 is 0.386 bits per heavy atom. The summed E-state index contributed by atoms with van der Waals surface area (Å²) in [6.45, 7) is 0. The number of rotatable bonds is 2. The van der Waals surface area contributed by atoms with Crippen molar-refractivity contribution in [1.29, 1.82) is 0 Å². The third-order valence-electron chi connectivity index (χ3n) is 12.4. The van der Waals surface area contributed by atoms with Crippen LogP contribution in [0.25, 0.3) is 131 Å². The quantitative estimate of drug-likeness (QED) is 0.167. The fraction of sp³-hybridized carbons (Fsp3) is 0. The van der Waals surface area contributed by atoms with Crippen LogP contribution in [0.3, 0.4) is 0 Å². The Kier molecular flexibility index (Phi) is 5.45. The van der Waals surface area contributed by atoms with Crippen molar-refractivity contribution in [2.24, 2.45) is 0 Å². The topological polar surface area (TPSA) is 48.3 Å². The molecule has 5 nitrogen and oxygen atoms in total. The van der Waals surface area contributed by atoms with Gasteiger partial charge in [-0.2, -0.15) is 0 Å².